The Labute approximate surface area is 171 Å². The molecule has 1 saturated carbocycles. The van der Waals surface area contributed by atoms with Gasteiger partial charge in [-0.15, -0.1) is 0 Å². The average molecular weight is 422 g/mol. The van der Waals surface area contributed by atoms with Gasteiger partial charge >= 0.3 is 6.16 Å². The van der Waals surface area contributed by atoms with Gasteiger partial charge in [0.15, 0.2) is 5.75 Å². The van der Waals surface area contributed by atoms with Gasteiger partial charge in [0, 0.05) is 31.2 Å². The molecule has 0 spiro atoms. The molecule has 0 amide bonds. The molecule has 2 saturated heterocycles. The van der Waals surface area contributed by atoms with Crippen LogP contribution >= 0.6 is 11.6 Å². The molecule has 1 aromatic heterocycles. The Bertz CT molecular complexity index is 1070. The topological polar surface area (TPSA) is 75.0 Å². The molecule has 1 N–H and O–H groups in total. The van der Waals surface area contributed by atoms with Crippen molar-refractivity contribution in [1.29, 1.82) is 0 Å². The number of piperazine rings is 1. The van der Waals surface area contributed by atoms with Crippen molar-refractivity contribution in [3.05, 3.63) is 33.3 Å². The largest absolute Gasteiger partial charge is 0.511 e. The van der Waals surface area contributed by atoms with E-state index in [0.29, 0.717) is 11.2 Å². The van der Waals surface area contributed by atoms with Crippen LogP contribution in [0.4, 0.5) is 14.9 Å². The molecule has 2 aliphatic heterocycles. The van der Waals surface area contributed by atoms with E-state index in [-0.39, 0.29) is 34.3 Å². The highest BCUT2D eigenvalue weighted by Crippen LogP contribution is 2.45. The maximum absolute atomic E-state index is 15.3. The number of likely N-dealkylation sites (N-methyl/N-ethyl adjacent to an activating group) is 1. The first-order valence-electron chi connectivity index (χ1n) is 9.79. The van der Waals surface area contributed by atoms with Gasteiger partial charge in [-0.1, -0.05) is 11.6 Å². The monoisotopic (exact) mass is 421 g/mol. The number of nitrogens with zero attached hydrogens (tertiary/aromatic N) is 3. The predicted octanol–water partition coefficient (Wildman–Crippen LogP) is 3.47. The zero-order valence-corrected chi connectivity index (χ0v) is 16.7. The first-order chi connectivity index (χ1) is 13.8. The molecule has 2 aromatic rings. The van der Waals surface area contributed by atoms with Crippen molar-refractivity contribution in [2.24, 2.45) is 0 Å². The third-order valence-electron chi connectivity index (χ3n) is 6.21. The van der Waals surface area contributed by atoms with E-state index in [4.69, 9.17) is 16.7 Å². The lowest BCUT2D eigenvalue weighted by molar-refractivity contribution is 0.143. The zero-order chi connectivity index (χ0) is 20.4. The fourth-order valence-electron chi connectivity index (χ4n) is 4.93. The van der Waals surface area contributed by atoms with Crippen LogP contribution in [0, 0.1) is 5.82 Å². The minimum Gasteiger partial charge on any atom is -0.449 e. The molecule has 3 heterocycles. The molecule has 3 fully saturated rings. The lowest BCUT2D eigenvalue weighted by Gasteiger charge is -2.41. The third kappa shape index (κ3) is 2.97. The fraction of sp³-hybridized carbons (Fsp3) is 0.500. The second kappa shape index (κ2) is 6.60. The van der Waals surface area contributed by atoms with E-state index in [1.54, 1.807) is 4.57 Å². The molecule has 7 nitrogen and oxygen atoms in total. The molecule has 9 heteroatoms. The molecular formula is C20H21ClFN3O4. The number of rotatable bonds is 3. The molecule has 2 unspecified atom stereocenters. The summed E-state index contributed by atoms with van der Waals surface area (Å²) in [4.78, 5) is 28.1. The quantitative estimate of drug-likeness (QED) is 0.765. The Morgan fingerprint density at radius 2 is 1.83 bits per heavy atom. The van der Waals surface area contributed by atoms with Gasteiger partial charge in [0.1, 0.15) is 5.82 Å². The minimum absolute atomic E-state index is 0.0448. The molecule has 5 rings (SSSR count). The number of pyridine rings is 1. The van der Waals surface area contributed by atoms with Gasteiger partial charge in [-0.3, -0.25) is 4.79 Å². The summed E-state index contributed by atoms with van der Waals surface area (Å²) < 4.78 is 21.7. The van der Waals surface area contributed by atoms with Crippen molar-refractivity contribution in [3.8, 4) is 5.75 Å². The summed E-state index contributed by atoms with van der Waals surface area (Å²) in [5, 5.41) is 9.20. The molecule has 2 bridgehead atoms. The smallest absolute Gasteiger partial charge is 0.449 e. The normalized spacial score (nSPS) is 24.3. The lowest BCUT2D eigenvalue weighted by Crippen LogP contribution is -2.53. The number of carbonyl (C=O) groups is 1. The fourth-order valence-corrected chi connectivity index (χ4v) is 5.32. The van der Waals surface area contributed by atoms with Gasteiger partial charge in [0.05, 0.1) is 27.8 Å². The van der Waals surface area contributed by atoms with E-state index >= 15 is 4.39 Å². The number of hydrogen-bond acceptors (Lipinski definition) is 5. The van der Waals surface area contributed by atoms with Crippen LogP contribution in [-0.4, -0.2) is 52.9 Å². The highest BCUT2D eigenvalue weighted by Gasteiger charge is 2.41. The Hall–Kier alpha value is -2.32. The van der Waals surface area contributed by atoms with Gasteiger partial charge in [-0.05, 0) is 38.8 Å². The molecule has 1 aromatic carbocycles. The van der Waals surface area contributed by atoms with E-state index in [2.05, 4.69) is 21.6 Å². The number of aromatic nitrogens is 1. The van der Waals surface area contributed by atoms with Crippen LogP contribution in [-0.2, 0) is 0 Å². The number of fused-ring (bicyclic) bond motifs is 3. The number of carboxylic acid groups (broad SMARTS) is 1. The van der Waals surface area contributed by atoms with Crippen molar-refractivity contribution >= 4 is 34.3 Å². The number of benzene rings is 1. The lowest BCUT2D eigenvalue weighted by atomic mass is 10.1. The van der Waals surface area contributed by atoms with Crippen LogP contribution in [0.5, 0.6) is 5.75 Å². The van der Waals surface area contributed by atoms with E-state index in [1.165, 1.54) is 12.3 Å². The average Bonchev–Trinajstić information content (AvgIpc) is 3.44. The summed E-state index contributed by atoms with van der Waals surface area (Å²) in [6.07, 6.45) is 3.53. The highest BCUT2D eigenvalue weighted by molar-refractivity contribution is 6.38. The van der Waals surface area contributed by atoms with Crippen LogP contribution in [0.3, 0.4) is 0 Å². The van der Waals surface area contributed by atoms with Crippen molar-refractivity contribution in [2.75, 3.05) is 25.0 Å². The van der Waals surface area contributed by atoms with Crippen LogP contribution in [0.15, 0.2) is 17.1 Å². The van der Waals surface area contributed by atoms with Gasteiger partial charge in [0.2, 0.25) is 5.43 Å². The summed E-state index contributed by atoms with van der Waals surface area (Å²) >= 11 is 6.77. The van der Waals surface area contributed by atoms with E-state index in [9.17, 15) is 9.59 Å². The summed E-state index contributed by atoms with van der Waals surface area (Å²) in [6.45, 7) is 1.68. The highest BCUT2D eigenvalue weighted by atomic mass is 35.5. The van der Waals surface area contributed by atoms with Crippen molar-refractivity contribution in [3.63, 3.8) is 0 Å². The van der Waals surface area contributed by atoms with Crippen molar-refractivity contribution < 1.29 is 19.0 Å². The summed E-state index contributed by atoms with van der Waals surface area (Å²) in [5.41, 5.74) is 0.125. The maximum atomic E-state index is 15.3. The van der Waals surface area contributed by atoms with Gasteiger partial charge in [-0.2, -0.15) is 0 Å². The predicted molar refractivity (Wildman–Crippen MR) is 107 cm³/mol. The molecule has 29 heavy (non-hydrogen) atoms. The van der Waals surface area contributed by atoms with E-state index in [1.807, 2.05) is 0 Å². The first kappa shape index (κ1) is 18.7. The van der Waals surface area contributed by atoms with E-state index in [0.717, 1.165) is 38.8 Å². The third-order valence-corrected chi connectivity index (χ3v) is 6.57. The van der Waals surface area contributed by atoms with Gasteiger partial charge in [0.25, 0.3) is 0 Å². The van der Waals surface area contributed by atoms with Crippen LogP contribution in [0.25, 0.3) is 10.9 Å². The molecule has 3 aliphatic rings. The second-order valence-corrected chi connectivity index (χ2v) is 8.64. The Morgan fingerprint density at radius 3 is 2.41 bits per heavy atom. The standard InChI is InChI=1S/C20H21ClFN3O4/c1-23-7-11-4-5-12(8-23)25(11)18-14(22)6-13-17(16(18)21)24(10-2-3-10)9-15(19(13)26)29-20(27)28/h6,9-12H,2-5,7-8H2,1H3,(H,27,28). The first-order valence-corrected chi connectivity index (χ1v) is 10.2. The molecular weight excluding hydrogens is 401 g/mol. The van der Waals surface area contributed by atoms with Gasteiger partial charge < -0.3 is 24.2 Å². The SMILES string of the molecule is CN1CC2CCC(C1)N2c1c(F)cc2c(=O)c(OC(=O)O)cn(C3CC3)c2c1Cl. The maximum Gasteiger partial charge on any atom is 0.511 e. The number of anilines is 1. The number of likely N-dealkylation sites (tertiary alicyclic amines) is 1. The molecule has 154 valence electrons. The summed E-state index contributed by atoms with van der Waals surface area (Å²) in [6, 6.07) is 1.64. The van der Waals surface area contributed by atoms with Crippen molar-refractivity contribution in [2.45, 2.75) is 43.8 Å². The van der Waals surface area contributed by atoms with E-state index < -0.39 is 17.4 Å². The van der Waals surface area contributed by atoms with Crippen LogP contribution in [0.1, 0.15) is 31.7 Å². The van der Waals surface area contributed by atoms with Crippen LogP contribution in [0.2, 0.25) is 5.02 Å². The van der Waals surface area contributed by atoms with Crippen molar-refractivity contribution in [1.82, 2.24) is 9.47 Å². The summed E-state index contributed by atoms with van der Waals surface area (Å²) in [7, 11) is 2.07. The van der Waals surface area contributed by atoms with Crippen LogP contribution < -0.4 is 15.1 Å². The summed E-state index contributed by atoms with van der Waals surface area (Å²) in [5.74, 6) is -0.893. The Kier molecular flexibility index (Phi) is 4.25. The Morgan fingerprint density at radius 1 is 1.21 bits per heavy atom. The second-order valence-electron chi connectivity index (χ2n) is 8.26. The molecule has 1 aliphatic carbocycles. The van der Waals surface area contributed by atoms with Gasteiger partial charge in [-0.25, -0.2) is 9.18 Å². The number of hydrogen-bond donors (Lipinski definition) is 1. The molecule has 0 radical (unpaired) electrons. The number of halogens is 2. The minimum atomic E-state index is -1.58. The number of ether oxygens (including phenoxy) is 1. The Balaban J connectivity index is 1.73. The molecule has 2 atom stereocenters. The zero-order valence-electron chi connectivity index (χ0n) is 15.9.